The maximum absolute atomic E-state index is 12.3. The van der Waals surface area contributed by atoms with Crippen molar-refractivity contribution < 1.29 is 13.6 Å². The van der Waals surface area contributed by atoms with E-state index in [0.717, 1.165) is 68.4 Å². The van der Waals surface area contributed by atoms with Gasteiger partial charge in [0.05, 0.1) is 0 Å². The largest absolute Gasteiger partial charge is 0.542 e. The van der Waals surface area contributed by atoms with E-state index in [1.165, 1.54) is 0 Å². The van der Waals surface area contributed by atoms with E-state index in [2.05, 4.69) is 137 Å². The lowest BCUT2D eigenvalue weighted by Crippen LogP contribution is -2.32. The summed E-state index contributed by atoms with van der Waals surface area (Å²) in [6.45, 7) is 15.8. The van der Waals surface area contributed by atoms with Crippen LogP contribution < -0.4 is 14.2 Å². The Bertz CT molecular complexity index is 1070. The number of rotatable bonds is 21. The Balaban J connectivity index is 2.23. The van der Waals surface area contributed by atoms with E-state index in [0.29, 0.717) is 13.0 Å². The number of carbonyl (C=O) groups is 1. The van der Waals surface area contributed by atoms with E-state index in [4.69, 9.17) is 8.85 Å². The number of amides is 1. The summed E-state index contributed by atoms with van der Waals surface area (Å²) >= 11 is 0. The van der Waals surface area contributed by atoms with Crippen LogP contribution in [0.15, 0.2) is 91.1 Å². The molecule has 0 aliphatic rings. The van der Waals surface area contributed by atoms with Crippen LogP contribution in [0.1, 0.15) is 63.9 Å². The molecule has 0 atom stereocenters. The zero-order chi connectivity index (χ0) is 31.1. The summed E-state index contributed by atoms with van der Waals surface area (Å²) in [4.78, 5) is 12.3. The van der Waals surface area contributed by atoms with Gasteiger partial charge in [-0.05, 0) is 108 Å². The summed E-state index contributed by atoms with van der Waals surface area (Å²) in [5, 5.41) is 3.05. The molecular formula is C36H57NO3Si2. The molecule has 4 nitrogen and oxygen atoms in total. The molecule has 0 saturated heterocycles. The van der Waals surface area contributed by atoms with E-state index in [9.17, 15) is 4.79 Å². The van der Waals surface area contributed by atoms with Crippen LogP contribution in [0.3, 0.4) is 0 Å². The Kier molecular flexibility index (Phi) is 19.3. The Labute approximate surface area is 259 Å². The Morgan fingerprint density at radius 2 is 1.12 bits per heavy atom. The molecule has 6 heteroatoms. The fraction of sp³-hybridized carbons (Fsp3) is 0.472. The second kappa shape index (κ2) is 21.8. The Hall–Kier alpha value is -2.84. The van der Waals surface area contributed by atoms with Gasteiger partial charge >= 0.3 is 0 Å². The zero-order valence-corrected chi connectivity index (χ0v) is 29.5. The molecule has 0 saturated carbocycles. The second-order valence-corrected chi connectivity index (χ2v) is 21.1. The quantitative estimate of drug-likeness (QED) is 0.112. The van der Waals surface area contributed by atoms with Gasteiger partial charge in [0.1, 0.15) is 11.5 Å². The van der Waals surface area contributed by atoms with Gasteiger partial charge in [-0.2, -0.15) is 0 Å². The predicted molar refractivity (Wildman–Crippen MR) is 189 cm³/mol. The Morgan fingerprint density at radius 1 is 0.667 bits per heavy atom. The molecule has 0 unspecified atom stereocenters. The van der Waals surface area contributed by atoms with Crippen LogP contribution in [0.25, 0.3) is 0 Å². The first-order chi connectivity index (χ1) is 20.0. The van der Waals surface area contributed by atoms with E-state index in [1.807, 2.05) is 6.07 Å². The SMILES string of the molecule is CC/C=C\C/C=C/C/C=C/C/C=C/C/C=C/C/C=C/CCC(=O)NCCc1ccc(O[Si](C)(C)C)c(O[Si](C)(C)C)c1. The maximum atomic E-state index is 12.3. The molecule has 0 spiro atoms. The van der Waals surface area contributed by atoms with Gasteiger partial charge in [0.25, 0.3) is 0 Å². The number of benzene rings is 1. The highest BCUT2D eigenvalue weighted by atomic mass is 28.4. The van der Waals surface area contributed by atoms with Gasteiger partial charge in [-0.3, -0.25) is 4.79 Å². The monoisotopic (exact) mass is 607 g/mol. The van der Waals surface area contributed by atoms with Crippen LogP contribution in [0.5, 0.6) is 11.5 Å². The summed E-state index contributed by atoms with van der Waals surface area (Å²) in [7, 11) is -3.52. The van der Waals surface area contributed by atoms with Crippen molar-refractivity contribution in [2.75, 3.05) is 6.54 Å². The lowest BCUT2D eigenvalue weighted by molar-refractivity contribution is -0.120. The third kappa shape index (κ3) is 21.8. The van der Waals surface area contributed by atoms with Gasteiger partial charge in [0, 0.05) is 13.0 Å². The van der Waals surface area contributed by atoms with Crippen LogP contribution in [0.4, 0.5) is 0 Å². The average Bonchev–Trinajstić information content (AvgIpc) is 2.90. The second-order valence-electron chi connectivity index (χ2n) is 12.3. The summed E-state index contributed by atoms with van der Waals surface area (Å²) in [5.74, 6) is 1.76. The smallest absolute Gasteiger partial charge is 0.242 e. The molecule has 0 heterocycles. The van der Waals surface area contributed by atoms with E-state index >= 15 is 0 Å². The van der Waals surface area contributed by atoms with Crippen molar-refractivity contribution in [3.63, 3.8) is 0 Å². The first-order valence-corrected chi connectivity index (χ1v) is 22.5. The van der Waals surface area contributed by atoms with Crippen LogP contribution in [0.2, 0.25) is 39.3 Å². The minimum Gasteiger partial charge on any atom is -0.542 e. The van der Waals surface area contributed by atoms with E-state index in [-0.39, 0.29) is 5.91 Å². The van der Waals surface area contributed by atoms with Gasteiger partial charge in [-0.1, -0.05) is 85.9 Å². The normalized spacial score (nSPS) is 13.1. The molecule has 0 fully saturated rings. The third-order valence-corrected chi connectivity index (χ3v) is 7.38. The lowest BCUT2D eigenvalue weighted by atomic mass is 10.1. The van der Waals surface area contributed by atoms with Crippen molar-refractivity contribution in [3.05, 3.63) is 96.7 Å². The molecule has 1 rings (SSSR count). The molecule has 0 aromatic heterocycles. The fourth-order valence-electron chi connectivity index (χ4n) is 3.82. The number of hydrogen-bond acceptors (Lipinski definition) is 3. The zero-order valence-electron chi connectivity index (χ0n) is 27.5. The molecule has 1 amide bonds. The van der Waals surface area contributed by atoms with Gasteiger partial charge in [-0.15, -0.1) is 0 Å². The number of hydrogen-bond donors (Lipinski definition) is 1. The van der Waals surface area contributed by atoms with Crippen LogP contribution in [-0.4, -0.2) is 29.1 Å². The average molecular weight is 608 g/mol. The van der Waals surface area contributed by atoms with E-state index < -0.39 is 16.6 Å². The maximum Gasteiger partial charge on any atom is 0.242 e. The predicted octanol–water partition coefficient (Wildman–Crippen LogP) is 10.3. The molecule has 1 aromatic rings. The highest BCUT2D eigenvalue weighted by Crippen LogP contribution is 2.32. The summed E-state index contributed by atoms with van der Waals surface area (Å²) in [5.41, 5.74) is 1.14. The Morgan fingerprint density at radius 3 is 1.60 bits per heavy atom. The summed E-state index contributed by atoms with van der Waals surface area (Å²) in [6.07, 6.45) is 34.3. The molecule has 232 valence electrons. The summed E-state index contributed by atoms with van der Waals surface area (Å²) in [6, 6.07) is 6.18. The van der Waals surface area contributed by atoms with Crippen LogP contribution in [-0.2, 0) is 11.2 Å². The van der Waals surface area contributed by atoms with Crippen LogP contribution >= 0.6 is 0 Å². The lowest BCUT2D eigenvalue weighted by Gasteiger charge is -2.26. The molecule has 1 aromatic carbocycles. The topological polar surface area (TPSA) is 47.6 Å². The highest BCUT2D eigenvalue weighted by Gasteiger charge is 2.23. The first-order valence-electron chi connectivity index (χ1n) is 15.7. The molecule has 0 radical (unpaired) electrons. The van der Waals surface area contributed by atoms with Gasteiger partial charge < -0.3 is 14.2 Å². The van der Waals surface area contributed by atoms with Crippen molar-refractivity contribution in [1.82, 2.24) is 5.32 Å². The number of carbonyl (C=O) groups excluding carboxylic acids is 1. The summed E-state index contributed by atoms with van der Waals surface area (Å²) < 4.78 is 12.6. The number of nitrogens with one attached hydrogen (secondary N) is 1. The standard InChI is InChI=1S/C36H57NO3Si2/c1-8-9-10-11-12-13-14-15-16-17-18-19-20-21-22-23-24-25-26-27-36(38)37-31-30-33-28-29-34(39-41(2,3)4)35(32-33)40-42(5,6)7/h9-10,12-13,15-16,18-19,21-22,24-25,28-29,32H,8,11,14,17,20,23,26-27,30-31H2,1-7H3,(H,37,38)/b10-9-,13-12+,16-15+,19-18+,22-21+,25-24+. The molecule has 0 aliphatic heterocycles. The van der Waals surface area contributed by atoms with Crippen molar-refractivity contribution in [1.29, 1.82) is 0 Å². The van der Waals surface area contributed by atoms with Gasteiger partial charge in [0.2, 0.25) is 22.5 Å². The molecular weight excluding hydrogens is 551 g/mol. The fourth-order valence-corrected chi connectivity index (χ4v) is 5.47. The van der Waals surface area contributed by atoms with Crippen molar-refractivity contribution in [2.24, 2.45) is 0 Å². The molecule has 0 bridgehead atoms. The van der Waals surface area contributed by atoms with Gasteiger partial charge in [-0.25, -0.2) is 0 Å². The van der Waals surface area contributed by atoms with Crippen molar-refractivity contribution in [2.45, 2.75) is 104 Å². The minimum atomic E-state index is -1.78. The number of allylic oxidation sites excluding steroid dienone is 12. The molecule has 1 N–H and O–H groups in total. The van der Waals surface area contributed by atoms with Crippen molar-refractivity contribution >= 4 is 22.5 Å². The third-order valence-electron chi connectivity index (χ3n) is 5.71. The van der Waals surface area contributed by atoms with E-state index in [1.54, 1.807) is 0 Å². The molecule has 42 heavy (non-hydrogen) atoms. The molecule has 0 aliphatic carbocycles. The van der Waals surface area contributed by atoms with Gasteiger partial charge in [0.15, 0.2) is 0 Å². The van der Waals surface area contributed by atoms with Crippen LogP contribution in [0, 0.1) is 0 Å². The minimum absolute atomic E-state index is 0.0896. The van der Waals surface area contributed by atoms with Crippen molar-refractivity contribution in [3.8, 4) is 11.5 Å². The highest BCUT2D eigenvalue weighted by molar-refractivity contribution is 6.71. The first kappa shape index (κ1) is 37.2.